The number of amides is 1. The SMILES string of the molecule is CS(=O)(=O)CCn1c(CN2C(=O)C3(CC3)c3ccncc32)nc2cc(Cl)cc(F)c21. The molecule has 1 amide bonds. The monoisotopic (exact) mass is 448 g/mol. The quantitative estimate of drug-likeness (QED) is 0.599. The predicted molar refractivity (Wildman–Crippen MR) is 111 cm³/mol. The fraction of sp³-hybridized carbons (Fsp3) is 0.350. The molecule has 0 radical (unpaired) electrons. The van der Waals surface area contributed by atoms with E-state index in [-0.39, 0.29) is 35.3 Å². The van der Waals surface area contributed by atoms with Gasteiger partial charge in [-0.05, 0) is 36.6 Å². The predicted octanol–water partition coefficient (Wildman–Crippen LogP) is 2.85. The fourth-order valence-corrected chi connectivity index (χ4v) is 4.96. The molecule has 156 valence electrons. The smallest absolute Gasteiger partial charge is 0.238 e. The number of sulfone groups is 1. The van der Waals surface area contributed by atoms with E-state index in [1.165, 1.54) is 16.7 Å². The largest absolute Gasteiger partial charge is 0.323 e. The summed E-state index contributed by atoms with van der Waals surface area (Å²) in [6, 6.07) is 4.57. The lowest BCUT2D eigenvalue weighted by Crippen LogP contribution is -2.32. The van der Waals surface area contributed by atoms with Gasteiger partial charge in [0.2, 0.25) is 5.91 Å². The standard InChI is InChI=1S/C20H18ClFN4O3S/c1-30(28,29)7-6-25-17(24-15-9-12(21)8-14(22)18(15)25)11-26-16-10-23-5-2-13(16)20(3-4-20)19(26)27/h2,5,8-10H,3-4,6-7,11H2,1H3. The van der Waals surface area contributed by atoms with Crippen molar-refractivity contribution < 1.29 is 17.6 Å². The van der Waals surface area contributed by atoms with Crippen molar-refractivity contribution in [2.75, 3.05) is 16.9 Å². The lowest BCUT2D eigenvalue weighted by Gasteiger charge is -2.18. The summed E-state index contributed by atoms with van der Waals surface area (Å²) in [4.78, 5) is 23.5. The number of hydrogen-bond acceptors (Lipinski definition) is 5. The first-order chi connectivity index (χ1) is 14.2. The third kappa shape index (κ3) is 2.99. The zero-order valence-corrected chi connectivity index (χ0v) is 17.7. The molecule has 0 unspecified atom stereocenters. The van der Waals surface area contributed by atoms with Crippen molar-refractivity contribution in [3.05, 3.63) is 52.8 Å². The summed E-state index contributed by atoms with van der Waals surface area (Å²) in [5.41, 5.74) is 1.69. The van der Waals surface area contributed by atoms with E-state index in [4.69, 9.17) is 11.6 Å². The van der Waals surface area contributed by atoms with E-state index in [0.717, 1.165) is 30.3 Å². The Hall–Kier alpha value is -2.52. The summed E-state index contributed by atoms with van der Waals surface area (Å²) in [6.45, 7) is 0.116. The first-order valence-corrected chi connectivity index (χ1v) is 11.9. The van der Waals surface area contributed by atoms with Crippen LogP contribution in [0.2, 0.25) is 5.02 Å². The number of aryl methyl sites for hydroxylation is 1. The van der Waals surface area contributed by atoms with Gasteiger partial charge in [0.05, 0.1) is 35.1 Å². The third-order valence-corrected chi connectivity index (χ3v) is 6.98. The number of pyridine rings is 1. The minimum atomic E-state index is -3.29. The molecule has 2 aliphatic rings. The zero-order valence-electron chi connectivity index (χ0n) is 16.1. The van der Waals surface area contributed by atoms with Gasteiger partial charge in [-0.25, -0.2) is 17.8 Å². The fourth-order valence-electron chi connectivity index (χ4n) is 4.25. The minimum Gasteiger partial charge on any atom is -0.323 e. The van der Waals surface area contributed by atoms with Crippen LogP contribution in [-0.2, 0) is 33.1 Å². The van der Waals surface area contributed by atoms with Crippen molar-refractivity contribution >= 4 is 44.1 Å². The van der Waals surface area contributed by atoms with Crippen molar-refractivity contribution in [1.82, 2.24) is 14.5 Å². The first kappa shape index (κ1) is 19.4. The Morgan fingerprint density at radius 2 is 2.07 bits per heavy atom. The maximum absolute atomic E-state index is 14.7. The van der Waals surface area contributed by atoms with Gasteiger partial charge in [-0.2, -0.15) is 0 Å². The second-order valence-electron chi connectivity index (χ2n) is 7.93. The van der Waals surface area contributed by atoms with Crippen LogP contribution < -0.4 is 4.90 Å². The molecule has 5 rings (SSSR count). The van der Waals surface area contributed by atoms with E-state index < -0.39 is 21.1 Å². The summed E-state index contributed by atoms with van der Waals surface area (Å²) in [7, 11) is -3.29. The summed E-state index contributed by atoms with van der Waals surface area (Å²) < 4.78 is 39.7. The lowest BCUT2D eigenvalue weighted by molar-refractivity contribution is -0.120. The summed E-state index contributed by atoms with van der Waals surface area (Å²) in [5, 5.41) is 0.197. The number of benzene rings is 1. The number of carbonyl (C=O) groups is 1. The van der Waals surface area contributed by atoms with Gasteiger partial charge in [0.1, 0.15) is 21.2 Å². The molecular formula is C20H18ClFN4O3S. The number of fused-ring (bicyclic) bond motifs is 3. The summed E-state index contributed by atoms with van der Waals surface area (Å²) in [6.07, 6.45) is 6.03. The van der Waals surface area contributed by atoms with Gasteiger partial charge in [0.15, 0.2) is 5.82 Å². The van der Waals surface area contributed by atoms with E-state index in [9.17, 15) is 17.6 Å². The average molecular weight is 449 g/mol. The van der Waals surface area contributed by atoms with E-state index >= 15 is 0 Å². The molecule has 1 aliphatic heterocycles. The van der Waals surface area contributed by atoms with Gasteiger partial charge in [-0.15, -0.1) is 0 Å². The molecule has 0 bridgehead atoms. The minimum absolute atomic E-state index is 0.0225. The number of nitrogens with zero attached hydrogens (tertiary/aromatic N) is 4. The molecule has 2 aromatic heterocycles. The number of hydrogen-bond donors (Lipinski definition) is 0. The number of imidazole rings is 1. The van der Waals surface area contributed by atoms with Crippen LogP contribution in [-0.4, -0.2) is 40.9 Å². The van der Waals surface area contributed by atoms with Gasteiger partial charge in [-0.3, -0.25) is 9.78 Å². The van der Waals surface area contributed by atoms with Gasteiger partial charge < -0.3 is 9.47 Å². The molecule has 0 saturated heterocycles. The van der Waals surface area contributed by atoms with Crippen molar-refractivity contribution in [1.29, 1.82) is 0 Å². The van der Waals surface area contributed by atoms with Crippen molar-refractivity contribution in [3.8, 4) is 0 Å². The highest BCUT2D eigenvalue weighted by Gasteiger charge is 2.59. The molecular weight excluding hydrogens is 431 g/mol. The molecule has 0 atom stereocenters. The first-order valence-electron chi connectivity index (χ1n) is 9.48. The van der Waals surface area contributed by atoms with Crippen LogP contribution in [0.1, 0.15) is 24.2 Å². The Bertz CT molecular complexity index is 1320. The van der Waals surface area contributed by atoms with Crippen LogP contribution in [0.5, 0.6) is 0 Å². The van der Waals surface area contributed by atoms with Crippen LogP contribution in [0.3, 0.4) is 0 Å². The Morgan fingerprint density at radius 3 is 2.77 bits per heavy atom. The Balaban J connectivity index is 1.61. The normalized spacial score (nSPS) is 17.2. The molecule has 7 nitrogen and oxygen atoms in total. The molecule has 1 spiro atoms. The van der Waals surface area contributed by atoms with Crippen molar-refractivity contribution in [2.45, 2.75) is 31.3 Å². The van der Waals surface area contributed by atoms with Gasteiger partial charge in [0, 0.05) is 24.0 Å². The molecule has 3 heterocycles. The van der Waals surface area contributed by atoms with Crippen molar-refractivity contribution in [2.24, 2.45) is 0 Å². The van der Waals surface area contributed by atoms with Crippen LogP contribution in [0.25, 0.3) is 11.0 Å². The maximum atomic E-state index is 14.7. The maximum Gasteiger partial charge on any atom is 0.238 e. The average Bonchev–Trinajstić information content (AvgIpc) is 3.35. The Labute approximate surface area is 177 Å². The van der Waals surface area contributed by atoms with Crippen LogP contribution in [0.15, 0.2) is 30.6 Å². The van der Waals surface area contributed by atoms with Gasteiger partial charge in [0.25, 0.3) is 0 Å². The van der Waals surface area contributed by atoms with E-state index in [1.54, 1.807) is 17.3 Å². The molecule has 3 aromatic rings. The third-order valence-electron chi connectivity index (χ3n) is 5.84. The van der Waals surface area contributed by atoms with Gasteiger partial charge >= 0.3 is 0 Å². The summed E-state index contributed by atoms with van der Waals surface area (Å²) in [5.74, 6) is -0.386. The number of anilines is 1. The van der Waals surface area contributed by atoms with Crippen molar-refractivity contribution in [3.63, 3.8) is 0 Å². The highest BCUT2D eigenvalue weighted by molar-refractivity contribution is 7.90. The molecule has 1 aromatic carbocycles. The molecule has 1 fully saturated rings. The van der Waals surface area contributed by atoms with E-state index in [0.29, 0.717) is 11.3 Å². The second kappa shape index (κ2) is 6.49. The lowest BCUT2D eigenvalue weighted by atomic mass is 9.99. The molecule has 1 aliphatic carbocycles. The van der Waals surface area contributed by atoms with Crippen LogP contribution in [0.4, 0.5) is 10.1 Å². The van der Waals surface area contributed by atoms with Crippen LogP contribution in [0, 0.1) is 5.82 Å². The Kier molecular flexibility index (Phi) is 4.20. The highest BCUT2D eigenvalue weighted by atomic mass is 35.5. The molecule has 30 heavy (non-hydrogen) atoms. The Morgan fingerprint density at radius 1 is 1.30 bits per heavy atom. The molecule has 1 saturated carbocycles. The van der Waals surface area contributed by atoms with Gasteiger partial charge in [-0.1, -0.05) is 11.6 Å². The van der Waals surface area contributed by atoms with E-state index in [2.05, 4.69) is 9.97 Å². The number of carbonyl (C=O) groups excluding carboxylic acids is 1. The summed E-state index contributed by atoms with van der Waals surface area (Å²) >= 11 is 5.98. The molecule has 10 heteroatoms. The number of aromatic nitrogens is 3. The number of rotatable bonds is 5. The number of halogens is 2. The topological polar surface area (TPSA) is 85.2 Å². The van der Waals surface area contributed by atoms with E-state index in [1.807, 2.05) is 6.07 Å². The highest BCUT2D eigenvalue weighted by Crippen LogP contribution is 2.57. The zero-order chi connectivity index (χ0) is 21.3. The second-order valence-corrected chi connectivity index (χ2v) is 10.6. The molecule has 0 N–H and O–H groups in total. The van der Waals surface area contributed by atoms with Crippen LogP contribution >= 0.6 is 11.6 Å².